The molecule has 0 bridgehead atoms. The Balaban J connectivity index is 0.00000300. The van der Waals surface area contributed by atoms with Crippen LogP contribution in [0.25, 0.3) is 10.6 Å². The molecule has 0 atom stereocenters. The van der Waals surface area contributed by atoms with Crippen LogP contribution >= 0.6 is 35.3 Å². The highest BCUT2D eigenvalue weighted by atomic mass is 127. The number of likely N-dealkylation sites (tertiary alicyclic amines) is 1. The van der Waals surface area contributed by atoms with Crippen LogP contribution in [0, 0.1) is 12.8 Å². The minimum Gasteiger partial charge on any atom is -0.469 e. The van der Waals surface area contributed by atoms with Crippen molar-refractivity contribution in [3.8, 4) is 10.6 Å². The molecule has 1 aromatic heterocycles. The van der Waals surface area contributed by atoms with Gasteiger partial charge >= 0.3 is 5.97 Å². The summed E-state index contributed by atoms with van der Waals surface area (Å²) in [5, 5.41) is 4.42. The monoisotopic (exact) mass is 528 g/mol. The van der Waals surface area contributed by atoms with Crippen molar-refractivity contribution in [2.45, 2.75) is 33.2 Å². The van der Waals surface area contributed by atoms with E-state index in [4.69, 9.17) is 14.7 Å². The van der Waals surface area contributed by atoms with Crippen molar-refractivity contribution in [2.24, 2.45) is 10.9 Å². The number of aliphatic imine (C=N–C) groups is 1. The third-order valence-electron chi connectivity index (χ3n) is 4.95. The Morgan fingerprint density at radius 3 is 2.62 bits per heavy atom. The molecule has 0 amide bonds. The van der Waals surface area contributed by atoms with Gasteiger partial charge in [-0.1, -0.05) is 30.3 Å². The number of nitrogens with one attached hydrogen (secondary N) is 1. The fraction of sp³-hybridized carbons (Fsp3) is 0.476. The Hall–Kier alpha value is -1.68. The molecule has 2 aromatic rings. The molecule has 29 heavy (non-hydrogen) atoms. The van der Waals surface area contributed by atoms with Gasteiger partial charge < -0.3 is 15.0 Å². The molecule has 1 aliphatic heterocycles. The number of methoxy groups -OCH3 is 1. The molecule has 1 N–H and O–H groups in total. The predicted molar refractivity (Wildman–Crippen MR) is 129 cm³/mol. The van der Waals surface area contributed by atoms with E-state index in [1.54, 1.807) is 11.3 Å². The van der Waals surface area contributed by atoms with E-state index in [1.807, 2.05) is 25.1 Å². The number of rotatable bonds is 5. The van der Waals surface area contributed by atoms with Crippen molar-refractivity contribution in [3.63, 3.8) is 0 Å². The summed E-state index contributed by atoms with van der Waals surface area (Å²) >= 11 is 1.70. The molecule has 2 heterocycles. The lowest BCUT2D eigenvalue weighted by atomic mass is 9.97. The number of esters is 1. The number of aryl methyl sites for hydroxylation is 1. The summed E-state index contributed by atoms with van der Waals surface area (Å²) in [4.78, 5) is 24.7. The van der Waals surface area contributed by atoms with Crippen LogP contribution in [0.3, 0.4) is 0 Å². The summed E-state index contributed by atoms with van der Waals surface area (Å²) in [5.41, 5.74) is 2.18. The van der Waals surface area contributed by atoms with Crippen LogP contribution < -0.4 is 5.32 Å². The van der Waals surface area contributed by atoms with Gasteiger partial charge in [-0.25, -0.2) is 9.98 Å². The van der Waals surface area contributed by atoms with Crippen LogP contribution in [0.2, 0.25) is 0 Å². The first-order chi connectivity index (χ1) is 13.6. The van der Waals surface area contributed by atoms with Gasteiger partial charge in [0.05, 0.1) is 25.3 Å². The van der Waals surface area contributed by atoms with Gasteiger partial charge in [0.15, 0.2) is 5.96 Å². The first-order valence-corrected chi connectivity index (χ1v) is 10.6. The van der Waals surface area contributed by atoms with E-state index in [1.165, 1.54) is 12.0 Å². The number of thiazole rings is 1. The van der Waals surface area contributed by atoms with E-state index in [0.717, 1.165) is 54.7 Å². The normalized spacial score (nSPS) is 15.0. The number of halogens is 1. The summed E-state index contributed by atoms with van der Waals surface area (Å²) < 4.78 is 4.88. The molecule has 6 nitrogen and oxygen atoms in total. The number of hydrogen-bond acceptors (Lipinski definition) is 5. The average molecular weight is 528 g/mol. The Kier molecular flexibility index (Phi) is 9.35. The van der Waals surface area contributed by atoms with E-state index in [9.17, 15) is 4.79 Å². The zero-order chi connectivity index (χ0) is 19.9. The highest BCUT2D eigenvalue weighted by Crippen LogP contribution is 2.28. The standard InChI is InChI=1S/C21H28N4O2S.HI/c1-4-22-21(25-12-10-17(11-13-25)20(26)27-3)23-14-18-15(2)24-19(28-18)16-8-6-5-7-9-16;/h5-9,17H,4,10-14H2,1-3H3,(H,22,23);1H. The molecular formula is C21H29IN4O2S. The quantitative estimate of drug-likeness (QED) is 0.274. The third kappa shape index (κ3) is 6.15. The van der Waals surface area contributed by atoms with E-state index in [2.05, 4.69) is 29.3 Å². The van der Waals surface area contributed by atoms with E-state index < -0.39 is 0 Å². The number of nitrogens with zero attached hydrogens (tertiary/aromatic N) is 3. The molecule has 0 aliphatic carbocycles. The lowest BCUT2D eigenvalue weighted by Crippen LogP contribution is -2.46. The summed E-state index contributed by atoms with van der Waals surface area (Å²) in [6.45, 7) is 7.15. The summed E-state index contributed by atoms with van der Waals surface area (Å²) in [7, 11) is 1.46. The molecular weight excluding hydrogens is 499 g/mol. The molecule has 1 aliphatic rings. The Morgan fingerprint density at radius 1 is 1.31 bits per heavy atom. The fourth-order valence-electron chi connectivity index (χ4n) is 3.35. The lowest BCUT2D eigenvalue weighted by molar-refractivity contribution is -0.146. The highest BCUT2D eigenvalue weighted by molar-refractivity contribution is 14.0. The van der Waals surface area contributed by atoms with Gasteiger partial charge in [-0.05, 0) is 26.7 Å². The maximum atomic E-state index is 11.7. The summed E-state index contributed by atoms with van der Waals surface area (Å²) in [5.74, 6) is 0.802. The second-order valence-corrected chi connectivity index (χ2v) is 7.93. The molecule has 158 valence electrons. The van der Waals surface area contributed by atoms with Crippen LogP contribution in [-0.2, 0) is 16.1 Å². The minimum absolute atomic E-state index is 0. The largest absolute Gasteiger partial charge is 0.469 e. The SMILES string of the molecule is CCNC(=NCc1sc(-c2ccccc2)nc1C)N1CCC(C(=O)OC)CC1.I. The Labute approximate surface area is 193 Å². The van der Waals surface area contributed by atoms with Crippen molar-refractivity contribution >= 4 is 47.2 Å². The highest BCUT2D eigenvalue weighted by Gasteiger charge is 2.27. The topological polar surface area (TPSA) is 66.8 Å². The molecule has 0 saturated carbocycles. The second-order valence-electron chi connectivity index (χ2n) is 6.85. The number of aromatic nitrogens is 1. The molecule has 8 heteroatoms. The Bertz CT molecular complexity index is 817. The van der Waals surface area contributed by atoms with Crippen molar-refractivity contribution in [1.82, 2.24) is 15.2 Å². The van der Waals surface area contributed by atoms with Crippen LogP contribution in [0.1, 0.15) is 30.3 Å². The first-order valence-electron chi connectivity index (χ1n) is 9.75. The van der Waals surface area contributed by atoms with Gasteiger partial charge in [-0.3, -0.25) is 4.79 Å². The number of guanidine groups is 1. The zero-order valence-electron chi connectivity index (χ0n) is 17.2. The molecule has 0 radical (unpaired) electrons. The molecule has 0 unspecified atom stereocenters. The number of carbonyl (C=O) groups excluding carboxylic acids is 1. The van der Waals surface area contributed by atoms with E-state index >= 15 is 0 Å². The van der Waals surface area contributed by atoms with Crippen LogP contribution in [0.5, 0.6) is 0 Å². The van der Waals surface area contributed by atoms with Gasteiger partial charge in [-0.2, -0.15) is 0 Å². The van der Waals surface area contributed by atoms with Crippen molar-refractivity contribution in [3.05, 3.63) is 40.9 Å². The van der Waals surface area contributed by atoms with Crippen molar-refractivity contribution in [2.75, 3.05) is 26.7 Å². The number of carbonyl (C=O) groups is 1. The fourth-order valence-corrected chi connectivity index (χ4v) is 4.34. The third-order valence-corrected chi connectivity index (χ3v) is 6.14. The average Bonchev–Trinajstić information content (AvgIpc) is 3.12. The van der Waals surface area contributed by atoms with Gasteiger partial charge in [-0.15, -0.1) is 35.3 Å². The molecule has 1 aromatic carbocycles. The molecule has 3 rings (SSSR count). The van der Waals surface area contributed by atoms with Gasteiger partial charge in [0.2, 0.25) is 0 Å². The number of piperidine rings is 1. The second kappa shape index (κ2) is 11.5. The van der Waals surface area contributed by atoms with Crippen LogP contribution in [0.4, 0.5) is 0 Å². The van der Waals surface area contributed by atoms with Crippen molar-refractivity contribution in [1.29, 1.82) is 0 Å². The van der Waals surface area contributed by atoms with Gasteiger partial charge in [0.25, 0.3) is 0 Å². The number of benzene rings is 1. The lowest BCUT2D eigenvalue weighted by Gasteiger charge is -2.33. The maximum absolute atomic E-state index is 11.7. The molecule has 1 saturated heterocycles. The minimum atomic E-state index is -0.102. The number of ether oxygens (including phenoxy) is 1. The number of hydrogen-bond donors (Lipinski definition) is 1. The van der Waals surface area contributed by atoms with Crippen molar-refractivity contribution < 1.29 is 9.53 Å². The Morgan fingerprint density at radius 2 is 2.00 bits per heavy atom. The molecule has 1 fully saturated rings. The zero-order valence-corrected chi connectivity index (χ0v) is 20.3. The smallest absolute Gasteiger partial charge is 0.308 e. The summed E-state index contributed by atoms with van der Waals surface area (Å²) in [6.07, 6.45) is 1.60. The van der Waals surface area contributed by atoms with Gasteiger partial charge in [0.1, 0.15) is 5.01 Å². The maximum Gasteiger partial charge on any atom is 0.308 e. The first kappa shape index (κ1) is 23.6. The van der Waals surface area contributed by atoms with E-state index in [0.29, 0.717) is 6.54 Å². The molecule has 0 spiro atoms. The van der Waals surface area contributed by atoms with Crippen LogP contribution in [0.15, 0.2) is 35.3 Å². The summed E-state index contributed by atoms with van der Waals surface area (Å²) in [6, 6.07) is 10.2. The van der Waals surface area contributed by atoms with Crippen LogP contribution in [-0.4, -0.2) is 48.6 Å². The predicted octanol–water partition coefficient (Wildman–Crippen LogP) is 4.09. The van der Waals surface area contributed by atoms with Gasteiger partial charge in [0, 0.05) is 30.1 Å². The van der Waals surface area contributed by atoms with E-state index in [-0.39, 0.29) is 35.9 Å².